The second-order valence-electron chi connectivity index (χ2n) is 5.26. The first-order chi connectivity index (χ1) is 12.1. The Morgan fingerprint density at radius 3 is 2.84 bits per heavy atom. The zero-order valence-corrected chi connectivity index (χ0v) is 13.5. The second kappa shape index (κ2) is 6.96. The Bertz CT molecular complexity index is 953. The van der Waals surface area contributed by atoms with Gasteiger partial charge in [0.2, 0.25) is 0 Å². The molecule has 126 valence electrons. The van der Waals surface area contributed by atoms with Crippen molar-refractivity contribution in [1.82, 2.24) is 9.78 Å². The number of hydrogen-bond donors (Lipinski definition) is 0. The van der Waals surface area contributed by atoms with E-state index in [0.717, 1.165) is 0 Å². The lowest BCUT2D eigenvalue weighted by Gasteiger charge is -1.98. The molecule has 0 aliphatic carbocycles. The fraction of sp³-hybridized carbons (Fsp3) is 0.111. The van der Waals surface area contributed by atoms with Gasteiger partial charge in [-0.2, -0.15) is 5.10 Å². The number of furan rings is 1. The molecule has 1 aromatic carbocycles. The number of benzene rings is 1. The number of ketones is 1. The molecule has 0 fully saturated rings. The summed E-state index contributed by atoms with van der Waals surface area (Å²) in [4.78, 5) is 22.7. The first-order valence-corrected chi connectivity index (χ1v) is 7.67. The zero-order chi connectivity index (χ0) is 17.8. The number of aromatic nitrogens is 2. The molecule has 0 saturated carbocycles. The molecule has 0 bridgehead atoms. The number of carbonyl (C=O) groups excluding carboxylic acids is 1. The number of hydrogen-bond acceptors (Lipinski definition) is 5. The topological polar surface area (TPSA) is 91.2 Å². The Balaban J connectivity index is 1.80. The lowest BCUT2D eigenvalue weighted by molar-refractivity contribution is -0.384. The van der Waals surface area contributed by atoms with Crippen molar-refractivity contribution >= 4 is 17.5 Å². The lowest BCUT2D eigenvalue weighted by Crippen LogP contribution is -1.94. The van der Waals surface area contributed by atoms with Crippen LogP contribution in [0.1, 0.15) is 23.0 Å². The standard InChI is InChI=1S/C18H15N3O4/c1-2-20-12-13(11-19-20)17(22)9-7-14-8-10-18(25-14)15-5-3-4-6-16(15)21(23)24/h3-12H,2H2,1H3/b9-7+. The van der Waals surface area contributed by atoms with Crippen molar-refractivity contribution in [2.24, 2.45) is 0 Å². The molecule has 0 spiro atoms. The van der Waals surface area contributed by atoms with Crippen LogP contribution in [-0.2, 0) is 6.54 Å². The van der Waals surface area contributed by atoms with Gasteiger partial charge in [0.25, 0.3) is 5.69 Å². The Morgan fingerprint density at radius 2 is 2.12 bits per heavy atom. The van der Waals surface area contributed by atoms with Gasteiger partial charge in [0.15, 0.2) is 5.78 Å². The Morgan fingerprint density at radius 1 is 1.32 bits per heavy atom. The average molecular weight is 337 g/mol. The summed E-state index contributed by atoms with van der Waals surface area (Å²) in [5.41, 5.74) is 0.849. The maximum Gasteiger partial charge on any atom is 0.280 e. The number of allylic oxidation sites excluding steroid dienone is 1. The summed E-state index contributed by atoms with van der Waals surface area (Å²) >= 11 is 0. The lowest BCUT2D eigenvalue weighted by atomic mass is 10.1. The highest BCUT2D eigenvalue weighted by Crippen LogP contribution is 2.31. The van der Waals surface area contributed by atoms with E-state index < -0.39 is 4.92 Å². The smallest absolute Gasteiger partial charge is 0.280 e. The number of nitro benzene ring substituents is 1. The number of para-hydroxylation sites is 1. The molecule has 7 heteroatoms. The summed E-state index contributed by atoms with van der Waals surface area (Å²) in [6.07, 6.45) is 6.10. The van der Waals surface area contributed by atoms with Crippen molar-refractivity contribution in [3.63, 3.8) is 0 Å². The van der Waals surface area contributed by atoms with Crippen molar-refractivity contribution in [2.45, 2.75) is 13.5 Å². The predicted molar refractivity (Wildman–Crippen MR) is 92.1 cm³/mol. The van der Waals surface area contributed by atoms with Crippen molar-refractivity contribution < 1.29 is 14.1 Å². The molecule has 0 aliphatic rings. The SMILES string of the molecule is CCn1cc(C(=O)/C=C/c2ccc(-c3ccccc3[N+](=O)[O-])o2)cn1. The summed E-state index contributed by atoms with van der Waals surface area (Å²) in [6, 6.07) is 9.64. The van der Waals surface area contributed by atoms with Crippen LogP contribution in [0.4, 0.5) is 5.69 Å². The number of rotatable bonds is 6. The van der Waals surface area contributed by atoms with Gasteiger partial charge in [0, 0.05) is 18.8 Å². The largest absolute Gasteiger partial charge is 0.456 e. The third-order valence-corrected chi connectivity index (χ3v) is 3.63. The van der Waals surface area contributed by atoms with Gasteiger partial charge in [0.1, 0.15) is 11.5 Å². The van der Waals surface area contributed by atoms with E-state index in [9.17, 15) is 14.9 Å². The van der Waals surface area contributed by atoms with Crippen LogP contribution in [0.2, 0.25) is 0 Å². The molecule has 0 radical (unpaired) electrons. The van der Waals surface area contributed by atoms with Gasteiger partial charge in [-0.15, -0.1) is 0 Å². The minimum absolute atomic E-state index is 0.0320. The third-order valence-electron chi connectivity index (χ3n) is 3.63. The molecule has 2 aromatic heterocycles. The summed E-state index contributed by atoms with van der Waals surface area (Å²) in [7, 11) is 0. The van der Waals surface area contributed by atoms with E-state index >= 15 is 0 Å². The molecule has 0 amide bonds. The predicted octanol–water partition coefficient (Wildman–Crippen LogP) is 3.97. The normalized spacial score (nSPS) is 11.1. The monoisotopic (exact) mass is 337 g/mol. The van der Waals surface area contributed by atoms with Gasteiger partial charge in [-0.05, 0) is 37.3 Å². The van der Waals surface area contributed by atoms with Gasteiger partial charge in [-0.1, -0.05) is 12.1 Å². The van der Waals surface area contributed by atoms with E-state index in [4.69, 9.17) is 4.42 Å². The van der Waals surface area contributed by atoms with E-state index in [1.165, 1.54) is 24.4 Å². The van der Waals surface area contributed by atoms with Crippen LogP contribution in [0.15, 0.2) is 59.3 Å². The summed E-state index contributed by atoms with van der Waals surface area (Å²) in [6.45, 7) is 2.62. The Hall–Kier alpha value is -3.48. The fourth-order valence-corrected chi connectivity index (χ4v) is 2.35. The first kappa shape index (κ1) is 16.4. The van der Waals surface area contributed by atoms with E-state index in [1.807, 2.05) is 6.92 Å². The van der Waals surface area contributed by atoms with Crippen LogP contribution >= 0.6 is 0 Å². The molecular formula is C18H15N3O4. The van der Waals surface area contributed by atoms with E-state index in [2.05, 4.69) is 5.10 Å². The van der Waals surface area contributed by atoms with Crippen LogP contribution in [0.25, 0.3) is 17.4 Å². The number of aryl methyl sites for hydroxylation is 1. The second-order valence-corrected chi connectivity index (χ2v) is 5.26. The van der Waals surface area contributed by atoms with Gasteiger partial charge < -0.3 is 4.42 Å². The molecule has 3 aromatic rings. The quantitative estimate of drug-likeness (QED) is 0.294. The molecule has 7 nitrogen and oxygen atoms in total. The number of nitrogens with zero attached hydrogens (tertiary/aromatic N) is 3. The van der Waals surface area contributed by atoms with Crippen molar-refractivity contribution in [2.75, 3.05) is 0 Å². The first-order valence-electron chi connectivity index (χ1n) is 7.67. The van der Waals surface area contributed by atoms with Crippen LogP contribution in [0.3, 0.4) is 0 Å². The summed E-state index contributed by atoms with van der Waals surface area (Å²) < 4.78 is 7.28. The molecule has 0 atom stereocenters. The average Bonchev–Trinajstić information content (AvgIpc) is 3.29. The third kappa shape index (κ3) is 3.55. The van der Waals surface area contributed by atoms with E-state index in [0.29, 0.717) is 29.2 Å². The number of carbonyl (C=O) groups is 1. The molecular weight excluding hydrogens is 322 g/mol. The molecule has 2 heterocycles. The van der Waals surface area contributed by atoms with Gasteiger partial charge in [-0.3, -0.25) is 19.6 Å². The highest BCUT2D eigenvalue weighted by Gasteiger charge is 2.16. The Labute approximate surface area is 143 Å². The minimum Gasteiger partial charge on any atom is -0.456 e. The molecule has 0 N–H and O–H groups in total. The minimum atomic E-state index is -0.456. The van der Waals surface area contributed by atoms with E-state index in [-0.39, 0.29) is 11.5 Å². The van der Waals surface area contributed by atoms with Gasteiger partial charge in [0.05, 0.1) is 22.2 Å². The maximum atomic E-state index is 12.1. The number of nitro groups is 1. The summed E-state index contributed by atoms with van der Waals surface area (Å²) in [5.74, 6) is 0.617. The van der Waals surface area contributed by atoms with Crippen LogP contribution < -0.4 is 0 Å². The zero-order valence-electron chi connectivity index (χ0n) is 13.5. The van der Waals surface area contributed by atoms with Crippen LogP contribution in [0.5, 0.6) is 0 Å². The van der Waals surface area contributed by atoms with E-state index in [1.54, 1.807) is 41.2 Å². The molecule has 3 rings (SSSR count). The molecule has 25 heavy (non-hydrogen) atoms. The fourth-order valence-electron chi connectivity index (χ4n) is 2.35. The van der Waals surface area contributed by atoms with Gasteiger partial charge >= 0.3 is 0 Å². The van der Waals surface area contributed by atoms with Gasteiger partial charge in [-0.25, -0.2) is 0 Å². The van der Waals surface area contributed by atoms with Crippen molar-refractivity contribution in [3.05, 3.63) is 76.3 Å². The molecule has 0 aliphatic heterocycles. The molecule has 0 saturated heterocycles. The Kier molecular flexibility index (Phi) is 4.56. The van der Waals surface area contributed by atoms with Crippen LogP contribution in [0, 0.1) is 10.1 Å². The highest BCUT2D eigenvalue weighted by molar-refractivity contribution is 6.06. The van der Waals surface area contributed by atoms with Crippen molar-refractivity contribution in [3.8, 4) is 11.3 Å². The molecule has 0 unspecified atom stereocenters. The summed E-state index contributed by atoms with van der Waals surface area (Å²) in [5, 5.41) is 15.2. The highest BCUT2D eigenvalue weighted by atomic mass is 16.6. The van der Waals surface area contributed by atoms with Crippen LogP contribution in [-0.4, -0.2) is 20.5 Å². The van der Waals surface area contributed by atoms with Crippen molar-refractivity contribution in [1.29, 1.82) is 0 Å². The maximum absolute atomic E-state index is 12.1.